The largest absolute Gasteiger partial charge is 0.439 e. The number of halogens is 4. The van der Waals surface area contributed by atoms with Gasteiger partial charge in [-0.1, -0.05) is 23.4 Å². The van der Waals surface area contributed by atoms with Crippen LogP contribution >= 0.6 is 11.3 Å². The highest BCUT2D eigenvalue weighted by Crippen LogP contribution is 2.34. The Morgan fingerprint density at radius 3 is 2.65 bits per heavy atom. The first-order chi connectivity index (χ1) is 16.2. The molecule has 2 heterocycles. The smallest absolute Gasteiger partial charge is 0.396 e. The second-order valence-electron chi connectivity index (χ2n) is 7.45. The van der Waals surface area contributed by atoms with Gasteiger partial charge in [-0.2, -0.15) is 13.2 Å². The number of H-pyrrole nitrogens is 1. The first-order valence-corrected chi connectivity index (χ1v) is 11.1. The number of ether oxygens (including phenoxy) is 1. The van der Waals surface area contributed by atoms with E-state index in [-0.39, 0.29) is 24.6 Å². The van der Waals surface area contributed by atoms with Gasteiger partial charge in [0.05, 0.1) is 34.4 Å². The van der Waals surface area contributed by atoms with Crippen LogP contribution in [-0.2, 0) is 23.9 Å². The van der Waals surface area contributed by atoms with Gasteiger partial charge >= 0.3 is 11.9 Å². The van der Waals surface area contributed by atoms with E-state index >= 15 is 0 Å². The second-order valence-corrected chi connectivity index (χ2v) is 8.54. The van der Waals surface area contributed by atoms with Gasteiger partial charge < -0.3 is 9.84 Å². The maximum Gasteiger partial charge on any atom is 0.439 e. The van der Waals surface area contributed by atoms with Crippen molar-refractivity contribution >= 4 is 16.9 Å². The summed E-state index contributed by atoms with van der Waals surface area (Å²) in [5.74, 6) is -1.41. The lowest BCUT2D eigenvalue weighted by molar-refractivity contribution is -0.137. The lowest BCUT2D eigenvalue weighted by Crippen LogP contribution is -2.13. The maximum atomic E-state index is 14.5. The molecule has 180 valence electrons. The van der Waals surface area contributed by atoms with Crippen molar-refractivity contribution in [1.29, 1.82) is 0 Å². The summed E-state index contributed by atoms with van der Waals surface area (Å²) < 4.78 is 63.3. The van der Waals surface area contributed by atoms with Crippen LogP contribution in [0.15, 0.2) is 51.6 Å². The molecule has 1 aliphatic rings. The van der Waals surface area contributed by atoms with Gasteiger partial charge in [0, 0.05) is 12.2 Å². The van der Waals surface area contributed by atoms with E-state index in [0.29, 0.717) is 35.5 Å². The highest BCUT2D eigenvalue weighted by atomic mass is 32.1. The average molecular weight is 497 g/mol. The normalized spacial score (nSPS) is 16.4. The van der Waals surface area contributed by atoms with Crippen molar-refractivity contribution in [3.8, 4) is 10.6 Å². The molecule has 34 heavy (non-hydrogen) atoms. The third-order valence-corrected chi connectivity index (χ3v) is 6.20. The predicted octanol–water partition coefficient (Wildman–Crippen LogP) is 4.66. The fourth-order valence-corrected chi connectivity index (χ4v) is 4.41. The summed E-state index contributed by atoms with van der Waals surface area (Å²) in [6.07, 6.45) is -0.937. The fourth-order valence-electron chi connectivity index (χ4n) is 3.37. The van der Waals surface area contributed by atoms with Crippen molar-refractivity contribution < 1.29 is 31.9 Å². The summed E-state index contributed by atoms with van der Waals surface area (Å²) in [5, 5.41) is 13.2. The molecule has 1 aliphatic carbocycles. The van der Waals surface area contributed by atoms with Crippen molar-refractivity contribution in [3.05, 3.63) is 74.8 Å². The number of benzene rings is 1. The van der Waals surface area contributed by atoms with Crippen LogP contribution in [0, 0.1) is 0 Å². The molecule has 0 saturated carbocycles. The topological polar surface area (TPSA) is 101 Å². The van der Waals surface area contributed by atoms with Crippen molar-refractivity contribution in [2.75, 3.05) is 6.61 Å². The first-order valence-electron chi connectivity index (χ1n) is 10.3. The van der Waals surface area contributed by atoms with Crippen LogP contribution in [0.5, 0.6) is 0 Å². The minimum Gasteiger partial charge on any atom is -0.396 e. The van der Waals surface area contributed by atoms with Crippen LogP contribution in [0.4, 0.5) is 17.6 Å². The average Bonchev–Trinajstić information content (AvgIpc) is 3.42. The zero-order valence-corrected chi connectivity index (χ0v) is 18.4. The standard InChI is InChI=1S/C22H19F4N3O4S/c23-16-10-14(7-8-15(16)19-28-21(31)33-29-19)32-11-18-17(2-1-9-30)27-20(34-18)12-3-5-13(6-4-12)22(24,25)26/h3-6,8,10,14,30H,1-2,7,9,11H2,(H,28,29,31). The van der Waals surface area contributed by atoms with E-state index < -0.39 is 29.4 Å². The number of aromatic amines is 1. The second kappa shape index (κ2) is 10.0. The van der Waals surface area contributed by atoms with Crippen LogP contribution < -0.4 is 5.76 Å². The van der Waals surface area contributed by atoms with Crippen LogP contribution in [0.25, 0.3) is 16.1 Å². The number of aliphatic hydroxyl groups excluding tert-OH is 1. The SMILES string of the molecule is O=c1[nH]c(C2=CCC(OCc3sc(-c4ccc(C(F)(F)F)cc4)nc3CCCO)C=C2F)no1. The van der Waals surface area contributed by atoms with Gasteiger partial charge in [0.1, 0.15) is 10.8 Å². The highest BCUT2D eigenvalue weighted by molar-refractivity contribution is 7.15. The van der Waals surface area contributed by atoms with Crippen molar-refractivity contribution in [2.45, 2.75) is 38.1 Å². The van der Waals surface area contributed by atoms with Crippen molar-refractivity contribution in [1.82, 2.24) is 15.1 Å². The number of hydrogen-bond donors (Lipinski definition) is 2. The number of aromatic nitrogens is 3. The van der Waals surface area contributed by atoms with Gasteiger partial charge in [-0.25, -0.2) is 14.2 Å². The van der Waals surface area contributed by atoms with E-state index in [9.17, 15) is 27.5 Å². The van der Waals surface area contributed by atoms with Gasteiger partial charge in [-0.15, -0.1) is 11.3 Å². The number of alkyl halides is 3. The predicted molar refractivity (Wildman–Crippen MR) is 115 cm³/mol. The Morgan fingerprint density at radius 1 is 1.26 bits per heavy atom. The van der Waals surface area contributed by atoms with E-state index in [4.69, 9.17) is 4.74 Å². The third-order valence-electron chi connectivity index (χ3n) is 5.08. The molecule has 1 aromatic carbocycles. The van der Waals surface area contributed by atoms with E-state index in [2.05, 4.69) is 19.6 Å². The molecule has 3 aromatic rings. The summed E-state index contributed by atoms with van der Waals surface area (Å²) in [7, 11) is 0. The Morgan fingerprint density at radius 2 is 2.03 bits per heavy atom. The van der Waals surface area contributed by atoms with Gasteiger partial charge in [-0.05, 0) is 37.5 Å². The molecule has 4 rings (SSSR count). The molecule has 0 spiro atoms. The van der Waals surface area contributed by atoms with Crippen LogP contribution in [0.2, 0.25) is 0 Å². The summed E-state index contributed by atoms with van der Waals surface area (Å²) in [6, 6.07) is 4.73. The van der Waals surface area contributed by atoms with E-state index in [1.165, 1.54) is 29.5 Å². The number of allylic oxidation sites excluding steroid dienone is 2. The Balaban J connectivity index is 1.48. The highest BCUT2D eigenvalue weighted by Gasteiger charge is 2.30. The van der Waals surface area contributed by atoms with Crippen molar-refractivity contribution in [3.63, 3.8) is 0 Å². The monoisotopic (exact) mass is 497 g/mol. The number of thiazole rings is 1. The number of nitrogens with zero attached hydrogens (tertiary/aromatic N) is 2. The molecule has 0 bridgehead atoms. The van der Waals surface area contributed by atoms with E-state index in [1.807, 2.05) is 0 Å². The van der Waals surface area contributed by atoms with Gasteiger partial charge in [0.2, 0.25) is 0 Å². The number of hydrogen-bond acceptors (Lipinski definition) is 7. The first kappa shape index (κ1) is 24.0. The molecule has 0 radical (unpaired) electrons. The molecule has 0 amide bonds. The van der Waals surface area contributed by atoms with E-state index in [0.717, 1.165) is 17.0 Å². The van der Waals surface area contributed by atoms with Crippen LogP contribution in [0.1, 0.15) is 34.8 Å². The fraction of sp³-hybridized carbons (Fsp3) is 0.318. The third kappa shape index (κ3) is 5.51. The lowest BCUT2D eigenvalue weighted by Gasteiger charge is -2.17. The zero-order valence-electron chi connectivity index (χ0n) is 17.6. The molecule has 2 N–H and O–H groups in total. The molecule has 12 heteroatoms. The maximum absolute atomic E-state index is 14.5. The van der Waals surface area contributed by atoms with Crippen LogP contribution in [0.3, 0.4) is 0 Å². The van der Waals surface area contributed by atoms with Gasteiger partial charge in [0.15, 0.2) is 5.82 Å². The molecule has 0 aliphatic heterocycles. The Bertz CT molecular complexity index is 1260. The zero-order chi connectivity index (χ0) is 24.3. The molecule has 1 unspecified atom stereocenters. The lowest BCUT2D eigenvalue weighted by atomic mass is 10.0. The van der Waals surface area contributed by atoms with Crippen molar-refractivity contribution in [2.24, 2.45) is 0 Å². The molecule has 7 nitrogen and oxygen atoms in total. The number of nitrogens with one attached hydrogen (secondary N) is 1. The summed E-state index contributed by atoms with van der Waals surface area (Å²) in [5.41, 5.74) is 0.569. The number of aliphatic hydroxyl groups is 1. The number of rotatable bonds is 8. The summed E-state index contributed by atoms with van der Waals surface area (Å²) in [6.45, 7) is 0.0686. The summed E-state index contributed by atoms with van der Waals surface area (Å²) >= 11 is 1.27. The number of aryl methyl sites for hydroxylation is 1. The molecular weight excluding hydrogens is 478 g/mol. The molecule has 2 aromatic heterocycles. The van der Waals surface area contributed by atoms with E-state index in [1.54, 1.807) is 6.08 Å². The summed E-state index contributed by atoms with van der Waals surface area (Å²) in [4.78, 5) is 18.7. The van der Waals surface area contributed by atoms with Gasteiger partial charge in [0.25, 0.3) is 0 Å². The minimum absolute atomic E-state index is 0.00729. The Kier molecular flexibility index (Phi) is 7.10. The molecule has 0 fully saturated rings. The molecular formula is C22H19F4N3O4S. The molecule has 0 saturated heterocycles. The van der Waals surface area contributed by atoms with Crippen LogP contribution in [-0.4, -0.2) is 32.9 Å². The minimum atomic E-state index is -4.42. The molecule has 1 atom stereocenters. The van der Waals surface area contributed by atoms with Gasteiger partial charge in [-0.3, -0.25) is 9.51 Å². The quantitative estimate of drug-likeness (QED) is 0.439. The Labute approximate surface area is 194 Å². The Hall–Kier alpha value is -3.09.